The second-order valence-corrected chi connectivity index (χ2v) is 4.34. The van der Waals surface area contributed by atoms with Gasteiger partial charge in [0, 0.05) is 19.0 Å². The molecule has 1 rings (SSSR count). The monoisotopic (exact) mass is 242 g/mol. The Bertz CT molecular complexity index is 252. The molecule has 0 atom stereocenters. The molecular formula is C12H22N2O3. The first kappa shape index (κ1) is 14.0. The molecule has 17 heavy (non-hydrogen) atoms. The van der Waals surface area contributed by atoms with Crippen molar-refractivity contribution in [2.45, 2.75) is 45.1 Å². The summed E-state index contributed by atoms with van der Waals surface area (Å²) in [6, 6.07) is 0.404. The van der Waals surface area contributed by atoms with E-state index in [1.807, 2.05) is 6.92 Å². The van der Waals surface area contributed by atoms with Crippen LogP contribution < -0.4 is 10.6 Å². The summed E-state index contributed by atoms with van der Waals surface area (Å²) in [5.41, 5.74) is 0. The molecule has 2 N–H and O–H groups in total. The molecule has 0 saturated heterocycles. The van der Waals surface area contributed by atoms with Crippen LogP contribution in [-0.4, -0.2) is 37.6 Å². The van der Waals surface area contributed by atoms with Crippen molar-refractivity contribution < 1.29 is 14.3 Å². The fourth-order valence-corrected chi connectivity index (χ4v) is 1.30. The van der Waals surface area contributed by atoms with Crippen LogP contribution in [0.25, 0.3) is 0 Å². The van der Waals surface area contributed by atoms with E-state index in [0.29, 0.717) is 25.6 Å². The van der Waals surface area contributed by atoms with Crippen LogP contribution in [0.5, 0.6) is 0 Å². The van der Waals surface area contributed by atoms with Crippen LogP contribution in [-0.2, 0) is 14.3 Å². The maximum absolute atomic E-state index is 11.3. The van der Waals surface area contributed by atoms with Gasteiger partial charge in [-0.1, -0.05) is 13.3 Å². The smallest absolute Gasteiger partial charge is 0.319 e. The van der Waals surface area contributed by atoms with Gasteiger partial charge in [0.25, 0.3) is 0 Å². The second kappa shape index (κ2) is 8.06. The third kappa shape index (κ3) is 7.74. The van der Waals surface area contributed by atoms with Crippen LogP contribution in [0.3, 0.4) is 0 Å². The maximum Gasteiger partial charge on any atom is 0.319 e. The maximum atomic E-state index is 11.3. The predicted molar refractivity (Wildman–Crippen MR) is 64.5 cm³/mol. The van der Waals surface area contributed by atoms with Gasteiger partial charge in [0.1, 0.15) is 0 Å². The lowest BCUT2D eigenvalue weighted by atomic mass is 10.3. The van der Waals surface area contributed by atoms with Crippen molar-refractivity contribution in [2.24, 2.45) is 0 Å². The van der Waals surface area contributed by atoms with Gasteiger partial charge in [-0.2, -0.15) is 0 Å². The summed E-state index contributed by atoms with van der Waals surface area (Å²) in [6.45, 7) is 3.23. The fraction of sp³-hybridized carbons (Fsp3) is 0.833. The van der Waals surface area contributed by atoms with Crippen molar-refractivity contribution in [3.8, 4) is 0 Å². The highest BCUT2D eigenvalue weighted by Gasteiger charge is 2.22. The van der Waals surface area contributed by atoms with Crippen LogP contribution in [0.15, 0.2) is 0 Å². The number of carbonyl (C=O) groups is 2. The number of hydrogen-bond donors (Lipinski definition) is 2. The zero-order valence-corrected chi connectivity index (χ0v) is 10.5. The summed E-state index contributed by atoms with van der Waals surface area (Å²) in [7, 11) is 0. The van der Waals surface area contributed by atoms with Crippen LogP contribution >= 0.6 is 0 Å². The molecule has 0 aliphatic heterocycles. The lowest BCUT2D eigenvalue weighted by Crippen LogP contribution is -2.31. The minimum atomic E-state index is -0.249. The molecule has 1 aliphatic rings. The Kier molecular flexibility index (Phi) is 6.62. The van der Waals surface area contributed by atoms with Gasteiger partial charge in [-0.3, -0.25) is 9.59 Å². The van der Waals surface area contributed by atoms with Gasteiger partial charge in [0.2, 0.25) is 5.91 Å². The van der Waals surface area contributed by atoms with E-state index >= 15 is 0 Å². The van der Waals surface area contributed by atoms with Gasteiger partial charge in [-0.15, -0.1) is 0 Å². The van der Waals surface area contributed by atoms with Gasteiger partial charge >= 0.3 is 5.97 Å². The van der Waals surface area contributed by atoms with E-state index < -0.39 is 0 Å². The zero-order valence-electron chi connectivity index (χ0n) is 10.5. The molecule has 0 aromatic rings. The van der Waals surface area contributed by atoms with E-state index in [2.05, 4.69) is 10.6 Å². The van der Waals surface area contributed by atoms with Gasteiger partial charge in [-0.25, -0.2) is 0 Å². The summed E-state index contributed by atoms with van der Waals surface area (Å²) in [5, 5.41) is 5.79. The number of hydrogen-bond acceptors (Lipinski definition) is 4. The minimum absolute atomic E-state index is 0.0550. The fourth-order valence-electron chi connectivity index (χ4n) is 1.30. The van der Waals surface area contributed by atoms with Gasteiger partial charge in [0.05, 0.1) is 13.2 Å². The average molecular weight is 242 g/mol. The number of esters is 1. The summed E-state index contributed by atoms with van der Waals surface area (Å²) in [6.07, 6.45) is 4.53. The van der Waals surface area contributed by atoms with Crippen molar-refractivity contribution in [3.63, 3.8) is 0 Å². The van der Waals surface area contributed by atoms with E-state index in [4.69, 9.17) is 4.74 Å². The van der Waals surface area contributed by atoms with Crippen molar-refractivity contribution in [2.75, 3.05) is 19.7 Å². The molecular weight excluding hydrogens is 220 g/mol. The molecule has 0 heterocycles. The quantitative estimate of drug-likeness (QED) is 0.458. The van der Waals surface area contributed by atoms with Gasteiger partial charge in [-0.05, 0) is 19.3 Å². The molecule has 1 amide bonds. The minimum Gasteiger partial charge on any atom is -0.465 e. The molecule has 0 radical (unpaired) electrons. The first-order chi connectivity index (χ1) is 8.22. The van der Waals surface area contributed by atoms with E-state index in [-0.39, 0.29) is 18.4 Å². The Labute approximate surface area is 102 Å². The lowest BCUT2D eigenvalue weighted by Gasteiger charge is -2.06. The SMILES string of the molecule is CCCCOC(=O)CNCCC(=O)NC1CC1. The molecule has 1 saturated carbocycles. The van der Waals surface area contributed by atoms with Crippen LogP contribution in [0.2, 0.25) is 0 Å². The van der Waals surface area contributed by atoms with E-state index in [1.54, 1.807) is 0 Å². The number of carbonyl (C=O) groups excluding carboxylic acids is 2. The van der Waals surface area contributed by atoms with E-state index in [0.717, 1.165) is 25.7 Å². The zero-order chi connectivity index (χ0) is 12.5. The Hall–Kier alpha value is -1.10. The van der Waals surface area contributed by atoms with E-state index in [1.165, 1.54) is 0 Å². The van der Waals surface area contributed by atoms with Crippen molar-refractivity contribution in [1.29, 1.82) is 0 Å². The third-order valence-electron chi connectivity index (χ3n) is 2.50. The average Bonchev–Trinajstić information content (AvgIpc) is 3.09. The lowest BCUT2D eigenvalue weighted by molar-refractivity contribution is -0.142. The molecule has 0 unspecified atom stereocenters. The highest BCUT2D eigenvalue weighted by atomic mass is 16.5. The Morgan fingerprint density at radius 2 is 2.12 bits per heavy atom. The second-order valence-electron chi connectivity index (χ2n) is 4.34. The Balaban J connectivity index is 1.88. The molecule has 98 valence electrons. The van der Waals surface area contributed by atoms with Gasteiger partial charge in [0.15, 0.2) is 0 Å². The van der Waals surface area contributed by atoms with Crippen molar-refractivity contribution in [3.05, 3.63) is 0 Å². The molecule has 5 heteroatoms. The number of nitrogens with one attached hydrogen (secondary N) is 2. The van der Waals surface area contributed by atoms with Crippen LogP contribution in [0, 0.1) is 0 Å². The molecule has 0 spiro atoms. The molecule has 1 fully saturated rings. The summed E-state index contributed by atoms with van der Waals surface area (Å²) >= 11 is 0. The summed E-state index contributed by atoms with van der Waals surface area (Å²) in [4.78, 5) is 22.4. The normalized spacial score (nSPS) is 14.4. The van der Waals surface area contributed by atoms with E-state index in [9.17, 15) is 9.59 Å². The highest BCUT2D eigenvalue weighted by molar-refractivity contribution is 5.77. The number of amides is 1. The van der Waals surface area contributed by atoms with Crippen LogP contribution in [0.1, 0.15) is 39.0 Å². The van der Waals surface area contributed by atoms with Gasteiger partial charge < -0.3 is 15.4 Å². The first-order valence-corrected chi connectivity index (χ1v) is 6.38. The van der Waals surface area contributed by atoms with Crippen molar-refractivity contribution >= 4 is 11.9 Å². The highest BCUT2D eigenvalue weighted by Crippen LogP contribution is 2.18. The number of unbranched alkanes of at least 4 members (excludes halogenated alkanes) is 1. The molecule has 1 aliphatic carbocycles. The Morgan fingerprint density at radius 1 is 1.35 bits per heavy atom. The van der Waals surface area contributed by atoms with Crippen LogP contribution in [0.4, 0.5) is 0 Å². The molecule has 0 aromatic carbocycles. The largest absolute Gasteiger partial charge is 0.465 e. The summed E-state index contributed by atoms with van der Waals surface area (Å²) in [5.74, 6) is -0.194. The number of rotatable bonds is 9. The Morgan fingerprint density at radius 3 is 2.76 bits per heavy atom. The first-order valence-electron chi connectivity index (χ1n) is 6.38. The number of ether oxygens (including phenoxy) is 1. The standard InChI is InChI=1S/C12H22N2O3/c1-2-3-8-17-12(16)9-13-7-6-11(15)14-10-4-5-10/h10,13H,2-9H2,1H3,(H,14,15). The molecule has 0 aromatic heterocycles. The predicted octanol–water partition coefficient (Wildman–Crippen LogP) is 0.588. The molecule has 5 nitrogen and oxygen atoms in total. The molecule has 0 bridgehead atoms. The van der Waals surface area contributed by atoms with Crippen molar-refractivity contribution in [1.82, 2.24) is 10.6 Å². The third-order valence-corrected chi connectivity index (χ3v) is 2.50. The topological polar surface area (TPSA) is 67.4 Å². The summed E-state index contributed by atoms with van der Waals surface area (Å²) < 4.78 is 4.96.